The van der Waals surface area contributed by atoms with Crippen LogP contribution in [-0.4, -0.2) is 23.1 Å². The van der Waals surface area contributed by atoms with E-state index in [2.05, 4.69) is 9.97 Å². The molecule has 1 aliphatic rings. The fourth-order valence-corrected chi connectivity index (χ4v) is 1.59. The molecule has 0 atom stereocenters. The second-order valence-electron chi connectivity index (χ2n) is 3.60. The molecule has 1 saturated carbocycles. The third-order valence-electron chi connectivity index (χ3n) is 2.77. The van der Waals surface area contributed by atoms with Crippen molar-refractivity contribution in [2.75, 3.05) is 17.7 Å². The number of hydrogen-bond donors (Lipinski definition) is 1. The molecule has 14 heavy (non-hydrogen) atoms. The summed E-state index contributed by atoms with van der Waals surface area (Å²) in [6.45, 7) is 0. The standard InChI is InChI=1S/C9H13FN4/c1-14(6-3-2-4-6)9-7(11)8(10)12-5-13-9/h5-6H,2-4,11H2,1H3. The molecule has 2 N–H and O–H groups in total. The molecule has 0 saturated heterocycles. The monoisotopic (exact) mass is 196 g/mol. The maximum Gasteiger partial charge on any atom is 0.241 e. The molecule has 1 aliphatic carbocycles. The summed E-state index contributed by atoms with van der Waals surface area (Å²) in [6, 6.07) is 0.451. The minimum atomic E-state index is -0.638. The first-order chi connectivity index (χ1) is 6.70. The van der Waals surface area contributed by atoms with Crippen LogP contribution in [0, 0.1) is 5.95 Å². The number of rotatable bonds is 2. The Morgan fingerprint density at radius 3 is 2.79 bits per heavy atom. The van der Waals surface area contributed by atoms with Gasteiger partial charge < -0.3 is 10.6 Å². The van der Waals surface area contributed by atoms with E-state index in [-0.39, 0.29) is 5.69 Å². The van der Waals surface area contributed by atoms with Crippen molar-refractivity contribution in [1.82, 2.24) is 9.97 Å². The van der Waals surface area contributed by atoms with E-state index in [1.807, 2.05) is 11.9 Å². The number of nitrogens with two attached hydrogens (primary N) is 1. The van der Waals surface area contributed by atoms with E-state index in [9.17, 15) is 4.39 Å². The highest BCUT2D eigenvalue weighted by Gasteiger charge is 2.25. The van der Waals surface area contributed by atoms with Gasteiger partial charge in [-0.15, -0.1) is 0 Å². The summed E-state index contributed by atoms with van der Waals surface area (Å²) in [5.74, 6) is -0.136. The van der Waals surface area contributed by atoms with E-state index in [0.29, 0.717) is 11.9 Å². The van der Waals surface area contributed by atoms with E-state index in [1.54, 1.807) is 0 Å². The predicted octanol–water partition coefficient (Wildman–Crippen LogP) is 1.19. The number of halogens is 1. The normalized spacial score (nSPS) is 16.4. The Bertz CT molecular complexity index is 338. The van der Waals surface area contributed by atoms with E-state index < -0.39 is 5.95 Å². The summed E-state index contributed by atoms with van der Waals surface area (Å²) in [5.41, 5.74) is 5.60. The van der Waals surface area contributed by atoms with Gasteiger partial charge in [0.1, 0.15) is 12.0 Å². The van der Waals surface area contributed by atoms with Crippen molar-refractivity contribution in [2.24, 2.45) is 0 Å². The van der Waals surface area contributed by atoms with Gasteiger partial charge in [-0.25, -0.2) is 9.97 Å². The van der Waals surface area contributed by atoms with Crippen molar-refractivity contribution in [3.05, 3.63) is 12.3 Å². The Hall–Kier alpha value is -1.39. The molecule has 1 aromatic rings. The fourth-order valence-electron chi connectivity index (χ4n) is 1.59. The zero-order valence-electron chi connectivity index (χ0n) is 8.07. The van der Waals surface area contributed by atoms with Gasteiger partial charge >= 0.3 is 0 Å². The minimum absolute atomic E-state index is 0.0434. The number of nitrogens with zero attached hydrogens (tertiary/aromatic N) is 3. The molecule has 0 aromatic carbocycles. The van der Waals surface area contributed by atoms with Crippen LogP contribution in [0.15, 0.2) is 6.33 Å². The first-order valence-electron chi connectivity index (χ1n) is 4.69. The van der Waals surface area contributed by atoms with Crippen LogP contribution in [0.4, 0.5) is 15.9 Å². The van der Waals surface area contributed by atoms with Crippen molar-refractivity contribution in [1.29, 1.82) is 0 Å². The van der Waals surface area contributed by atoms with Gasteiger partial charge in [0.25, 0.3) is 0 Å². The maximum atomic E-state index is 13.0. The van der Waals surface area contributed by atoms with Crippen molar-refractivity contribution in [3.63, 3.8) is 0 Å². The smallest absolute Gasteiger partial charge is 0.241 e. The van der Waals surface area contributed by atoms with Crippen molar-refractivity contribution < 1.29 is 4.39 Å². The van der Waals surface area contributed by atoms with E-state index >= 15 is 0 Å². The van der Waals surface area contributed by atoms with Crippen LogP contribution in [0.2, 0.25) is 0 Å². The summed E-state index contributed by atoms with van der Waals surface area (Å²) >= 11 is 0. The molecule has 2 rings (SSSR count). The molecule has 0 unspecified atom stereocenters. The minimum Gasteiger partial charge on any atom is -0.392 e. The SMILES string of the molecule is CN(c1ncnc(F)c1N)C1CCC1. The molecule has 5 heteroatoms. The van der Waals surface area contributed by atoms with E-state index in [1.165, 1.54) is 12.7 Å². The quantitative estimate of drug-likeness (QED) is 0.722. The van der Waals surface area contributed by atoms with Gasteiger partial charge in [-0.2, -0.15) is 4.39 Å². The predicted molar refractivity (Wildman–Crippen MR) is 52.4 cm³/mol. The number of hydrogen-bond acceptors (Lipinski definition) is 4. The maximum absolute atomic E-state index is 13.0. The lowest BCUT2D eigenvalue weighted by atomic mass is 9.92. The second-order valence-corrected chi connectivity index (χ2v) is 3.60. The Morgan fingerprint density at radius 1 is 1.50 bits per heavy atom. The molecule has 1 heterocycles. The number of nitrogen functional groups attached to an aromatic ring is 1. The van der Waals surface area contributed by atoms with Crippen LogP contribution in [0.5, 0.6) is 0 Å². The van der Waals surface area contributed by atoms with Gasteiger partial charge in [0, 0.05) is 13.1 Å². The van der Waals surface area contributed by atoms with Crippen molar-refractivity contribution >= 4 is 11.5 Å². The van der Waals surface area contributed by atoms with Crippen LogP contribution >= 0.6 is 0 Å². The second kappa shape index (κ2) is 3.40. The van der Waals surface area contributed by atoms with Crippen molar-refractivity contribution in [3.8, 4) is 0 Å². The van der Waals surface area contributed by atoms with Gasteiger partial charge in [-0.1, -0.05) is 0 Å². The molecule has 1 aromatic heterocycles. The average molecular weight is 196 g/mol. The van der Waals surface area contributed by atoms with Gasteiger partial charge in [-0.3, -0.25) is 0 Å². The largest absolute Gasteiger partial charge is 0.392 e. The topological polar surface area (TPSA) is 55.0 Å². The Morgan fingerprint density at radius 2 is 2.21 bits per heavy atom. The summed E-state index contributed by atoms with van der Waals surface area (Å²) in [4.78, 5) is 9.32. The molecule has 0 radical (unpaired) electrons. The molecule has 76 valence electrons. The molecular weight excluding hydrogens is 183 g/mol. The van der Waals surface area contributed by atoms with Crippen LogP contribution < -0.4 is 10.6 Å². The molecule has 4 nitrogen and oxygen atoms in total. The molecule has 0 amide bonds. The summed E-state index contributed by atoms with van der Waals surface area (Å²) in [5, 5.41) is 0. The zero-order chi connectivity index (χ0) is 10.1. The number of aromatic nitrogens is 2. The molecule has 0 bridgehead atoms. The highest BCUT2D eigenvalue weighted by molar-refractivity contribution is 5.61. The Kier molecular flexibility index (Phi) is 2.23. The Balaban J connectivity index is 2.26. The van der Waals surface area contributed by atoms with Gasteiger partial charge in [0.15, 0.2) is 5.82 Å². The lowest BCUT2D eigenvalue weighted by molar-refractivity contribution is 0.399. The summed E-state index contributed by atoms with van der Waals surface area (Å²) in [7, 11) is 1.89. The van der Waals surface area contributed by atoms with Gasteiger partial charge in [-0.05, 0) is 19.3 Å². The highest BCUT2D eigenvalue weighted by Crippen LogP contribution is 2.30. The van der Waals surface area contributed by atoms with Crippen LogP contribution in [-0.2, 0) is 0 Å². The van der Waals surface area contributed by atoms with Gasteiger partial charge in [0.2, 0.25) is 5.95 Å². The van der Waals surface area contributed by atoms with Crippen LogP contribution in [0.1, 0.15) is 19.3 Å². The summed E-state index contributed by atoms with van der Waals surface area (Å²) in [6.07, 6.45) is 4.68. The van der Waals surface area contributed by atoms with Crippen LogP contribution in [0.3, 0.4) is 0 Å². The zero-order valence-corrected chi connectivity index (χ0v) is 8.07. The first kappa shape index (κ1) is 9.18. The van der Waals surface area contributed by atoms with Crippen molar-refractivity contribution in [2.45, 2.75) is 25.3 Å². The lowest BCUT2D eigenvalue weighted by Gasteiger charge is -2.35. The molecule has 0 spiro atoms. The molecular formula is C9H13FN4. The lowest BCUT2D eigenvalue weighted by Crippen LogP contribution is -2.38. The molecule has 0 aliphatic heterocycles. The third kappa shape index (κ3) is 1.38. The van der Waals surface area contributed by atoms with E-state index in [4.69, 9.17) is 5.73 Å². The average Bonchev–Trinajstić information content (AvgIpc) is 2.06. The van der Waals surface area contributed by atoms with E-state index in [0.717, 1.165) is 12.8 Å². The summed E-state index contributed by atoms with van der Waals surface area (Å²) < 4.78 is 13.0. The van der Waals surface area contributed by atoms with Gasteiger partial charge in [0.05, 0.1) is 0 Å². The third-order valence-corrected chi connectivity index (χ3v) is 2.77. The van der Waals surface area contributed by atoms with Crippen LogP contribution in [0.25, 0.3) is 0 Å². The fraction of sp³-hybridized carbons (Fsp3) is 0.556. The Labute approximate surface area is 82.0 Å². The first-order valence-corrected chi connectivity index (χ1v) is 4.69. The molecule has 1 fully saturated rings. The highest BCUT2D eigenvalue weighted by atomic mass is 19.1. The number of anilines is 2.